The number of rotatable bonds is 5. The summed E-state index contributed by atoms with van der Waals surface area (Å²) in [5.41, 5.74) is 0. The van der Waals surface area contributed by atoms with Crippen LogP contribution in [0.4, 0.5) is 0 Å². The molecule has 0 fully saturated rings. The molecule has 0 rings (SSSR count). The van der Waals surface area contributed by atoms with Crippen LogP contribution in [0, 0.1) is 24.7 Å². The summed E-state index contributed by atoms with van der Waals surface area (Å²) in [6, 6.07) is 4.44. The van der Waals surface area contributed by atoms with Gasteiger partial charge >= 0.3 is 0 Å². The Bertz CT molecular complexity index is 176. The van der Waals surface area contributed by atoms with Crippen molar-refractivity contribution in [3.63, 3.8) is 0 Å². The van der Waals surface area contributed by atoms with E-state index in [2.05, 4.69) is 25.7 Å². The quantitative estimate of drug-likeness (QED) is 0.448. The summed E-state index contributed by atoms with van der Waals surface area (Å²) in [4.78, 5) is 0. The summed E-state index contributed by atoms with van der Waals surface area (Å²) in [5.74, 6) is 5.59. The highest BCUT2D eigenvalue weighted by Crippen LogP contribution is 2.25. The van der Waals surface area contributed by atoms with Gasteiger partial charge in [-0.05, 0) is 0 Å². The minimum atomic E-state index is -1.24. The largest absolute Gasteiger partial charge is 0.120 e. The Kier molecular flexibility index (Phi) is 5.59. The molecule has 0 aliphatic carbocycles. The molecule has 1 heteroatoms. The Morgan fingerprint density at radius 3 is 1.83 bits per heavy atom. The minimum Gasteiger partial charge on any atom is -0.120 e. The van der Waals surface area contributed by atoms with Gasteiger partial charge in [0.05, 0.1) is 8.07 Å². The van der Waals surface area contributed by atoms with Crippen molar-refractivity contribution in [3.8, 4) is 24.7 Å². The van der Waals surface area contributed by atoms with Crippen LogP contribution in [0.25, 0.3) is 0 Å². The first-order chi connectivity index (χ1) is 5.74. The Morgan fingerprint density at radius 1 is 1.08 bits per heavy atom. The minimum absolute atomic E-state index is 0.960. The topological polar surface area (TPSA) is 0 Å². The molecule has 0 radical (unpaired) electrons. The van der Waals surface area contributed by atoms with Crippen LogP contribution in [0.2, 0.25) is 24.2 Å². The van der Waals surface area contributed by atoms with Crippen LogP contribution in [0.3, 0.4) is 0 Å². The lowest BCUT2D eigenvalue weighted by atomic mass is 10.6. The van der Waals surface area contributed by atoms with E-state index in [1.165, 1.54) is 18.5 Å². The lowest BCUT2D eigenvalue weighted by molar-refractivity contribution is 1.02. The van der Waals surface area contributed by atoms with Crippen LogP contribution in [0.15, 0.2) is 0 Å². The van der Waals surface area contributed by atoms with E-state index in [9.17, 15) is 0 Å². The van der Waals surface area contributed by atoms with Crippen molar-refractivity contribution in [2.75, 3.05) is 0 Å². The van der Waals surface area contributed by atoms with Crippen molar-refractivity contribution in [2.24, 2.45) is 0 Å². The van der Waals surface area contributed by atoms with E-state index in [1.54, 1.807) is 0 Å². The highest BCUT2D eigenvalue weighted by atomic mass is 28.3. The van der Waals surface area contributed by atoms with Crippen molar-refractivity contribution in [1.82, 2.24) is 0 Å². The summed E-state index contributed by atoms with van der Waals surface area (Å²) >= 11 is 0. The van der Waals surface area contributed by atoms with Crippen LogP contribution in [-0.2, 0) is 0 Å². The second-order valence-electron chi connectivity index (χ2n) is 3.37. The average molecular weight is 178 g/mol. The molecular weight excluding hydrogens is 160 g/mol. The van der Waals surface area contributed by atoms with Crippen LogP contribution < -0.4 is 0 Å². The predicted octanol–water partition coefficient (Wildman–Crippen LogP) is 3.13. The van der Waals surface area contributed by atoms with E-state index in [-0.39, 0.29) is 0 Å². The fraction of sp³-hybridized carbons (Fsp3) is 0.636. The predicted molar refractivity (Wildman–Crippen MR) is 58.6 cm³/mol. The molecule has 0 aliphatic rings. The fourth-order valence-electron chi connectivity index (χ4n) is 1.63. The summed E-state index contributed by atoms with van der Waals surface area (Å²) in [7, 11) is -1.24. The summed E-state index contributed by atoms with van der Waals surface area (Å²) < 4.78 is 0. The fourth-order valence-corrected chi connectivity index (χ4v) is 4.89. The highest BCUT2D eigenvalue weighted by Gasteiger charge is 2.27. The first kappa shape index (κ1) is 11.3. The Morgan fingerprint density at radius 2 is 1.58 bits per heavy atom. The molecule has 12 heavy (non-hydrogen) atoms. The molecule has 66 valence electrons. The molecule has 0 aromatic rings. The Hall–Kier alpha value is -0.663. The van der Waals surface area contributed by atoms with Crippen molar-refractivity contribution < 1.29 is 0 Å². The van der Waals surface area contributed by atoms with Gasteiger partial charge in [-0.2, -0.15) is 0 Å². The maximum absolute atomic E-state index is 5.37. The molecule has 0 nitrogen and oxygen atoms in total. The molecule has 0 amide bonds. The molecule has 0 N–H and O–H groups in total. The average Bonchev–Trinajstić information content (AvgIpc) is 2.06. The molecule has 0 heterocycles. The van der Waals surface area contributed by atoms with E-state index in [0.717, 1.165) is 12.1 Å². The van der Waals surface area contributed by atoms with Crippen molar-refractivity contribution in [3.05, 3.63) is 0 Å². The number of terminal acetylenes is 2. The summed E-state index contributed by atoms with van der Waals surface area (Å²) in [6.07, 6.45) is 12.0. The Labute approximate surface area is 77.8 Å². The van der Waals surface area contributed by atoms with Gasteiger partial charge in [0.15, 0.2) is 0 Å². The van der Waals surface area contributed by atoms with E-state index >= 15 is 0 Å². The van der Waals surface area contributed by atoms with E-state index in [4.69, 9.17) is 12.8 Å². The maximum Gasteiger partial charge on any atom is 0.0786 e. The zero-order valence-corrected chi connectivity index (χ0v) is 9.19. The molecule has 0 bridgehead atoms. The summed E-state index contributed by atoms with van der Waals surface area (Å²) in [5, 5.41) is 0. The first-order valence-electron chi connectivity index (χ1n) is 4.61. The third-order valence-electron chi connectivity index (χ3n) is 2.48. The lowest BCUT2D eigenvalue weighted by Crippen LogP contribution is -2.31. The van der Waals surface area contributed by atoms with Crippen molar-refractivity contribution in [2.45, 2.75) is 44.4 Å². The Balaban J connectivity index is 4.31. The number of hydrogen-bond acceptors (Lipinski definition) is 0. The normalized spacial score (nSPS) is 10.3. The molecule has 0 aromatic carbocycles. The molecular formula is C11H18Si. The highest BCUT2D eigenvalue weighted by molar-refractivity contribution is 6.81. The van der Waals surface area contributed by atoms with Gasteiger partial charge in [-0.25, -0.2) is 0 Å². The van der Waals surface area contributed by atoms with Crippen molar-refractivity contribution >= 4 is 8.07 Å². The van der Waals surface area contributed by atoms with E-state index in [1.807, 2.05) is 0 Å². The molecule has 0 spiro atoms. The van der Waals surface area contributed by atoms with E-state index in [0.29, 0.717) is 0 Å². The van der Waals surface area contributed by atoms with Gasteiger partial charge < -0.3 is 0 Å². The third kappa shape index (κ3) is 3.16. The van der Waals surface area contributed by atoms with Crippen molar-refractivity contribution in [1.29, 1.82) is 0 Å². The first-order valence-corrected chi connectivity index (χ1v) is 7.44. The molecule has 0 aliphatic heterocycles. The van der Waals surface area contributed by atoms with Gasteiger partial charge in [0.25, 0.3) is 0 Å². The van der Waals surface area contributed by atoms with Gasteiger partial charge in [0, 0.05) is 12.1 Å². The van der Waals surface area contributed by atoms with Gasteiger partial charge in [0.2, 0.25) is 0 Å². The van der Waals surface area contributed by atoms with Crippen LogP contribution in [-0.4, -0.2) is 8.07 Å². The second-order valence-corrected chi connectivity index (χ2v) is 8.28. The standard InChI is InChI=1S/C11H18Si/c1-5-9-12(8-4,10-6-2)11-7-3/h1-2H,7-11H2,3-4H3. The lowest BCUT2D eigenvalue weighted by Gasteiger charge is -2.25. The molecule has 0 atom stereocenters. The van der Waals surface area contributed by atoms with Gasteiger partial charge in [0.1, 0.15) is 0 Å². The van der Waals surface area contributed by atoms with Crippen LogP contribution in [0.1, 0.15) is 20.3 Å². The molecule has 0 saturated heterocycles. The number of hydrogen-bond donors (Lipinski definition) is 0. The molecule has 0 unspecified atom stereocenters. The summed E-state index contributed by atoms with van der Waals surface area (Å²) in [6.45, 7) is 4.45. The monoisotopic (exact) mass is 178 g/mol. The molecule has 0 saturated carbocycles. The second kappa shape index (κ2) is 5.92. The SMILES string of the molecule is C#CC[Si](CC)(CC#C)CCC. The van der Waals surface area contributed by atoms with Gasteiger partial charge in [-0.15, -0.1) is 24.7 Å². The maximum atomic E-state index is 5.37. The van der Waals surface area contributed by atoms with Crippen LogP contribution >= 0.6 is 0 Å². The zero-order valence-electron chi connectivity index (χ0n) is 8.19. The zero-order chi connectivity index (χ0) is 9.45. The van der Waals surface area contributed by atoms with Gasteiger partial charge in [-0.1, -0.05) is 32.4 Å². The van der Waals surface area contributed by atoms with Gasteiger partial charge in [-0.3, -0.25) is 0 Å². The smallest absolute Gasteiger partial charge is 0.0786 e. The molecule has 0 aromatic heterocycles. The van der Waals surface area contributed by atoms with E-state index < -0.39 is 8.07 Å². The van der Waals surface area contributed by atoms with Crippen LogP contribution in [0.5, 0.6) is 0 Å². The third-order valence-corrected chi connectivity index (χ3v) is 7.45.